The minimum Gasteiger partial charge on any atom is -0.338 e. The number of carbonyl (C=O) groups is 3. The van der Waals surface area contributed by atoms with E-state index in [1.54, 1.807) is 11.0 Å². The van der Waals surface area contributed by atoms with Crippen LogP contribution in [-0.4, -0.2) is 29.2 Å². The number of rotatable bonds is 6. The van der Waals surface area contributed by atoms with E-state index in [1.807, 2.05) is 48.5 Å². The lowest BCUT2D eigenvalue weighted by Crippen LogP contribution is -2.45. The maximum atomic E-state index is 12.3. The fourth-order valence-corrected chi connectivity index (χ4v) is 3.38. The second-order valence-electron chi connectivity index (χ2n) is 6.79. The maximum Gasteiger partial charge on any atom is 0.243 e. The molecule has 0 aromatic heterocycles. The Kier molecular flexibility index (Phi) is 6.66. The minimum atomic E-state index is -0.472. The van der Waals surface area contributed by atoms with Gasteiger partial charge < -0.3 is 4.90 Å². The lowest BCUT2D eigenvalue weighted by Gasteiger charge is -2.16. The van der Waals surface area contributed by atoms with Gasteiger partial charge in [0.15, 0.2) is 0 Å². The van der Waals surface area contributed by atoms with Crippen molar-refractivity contribution < 1.29 is 14.4 Å². The van der Waals surface area contributed by atoms with Gasteiger partial charge >= 0.3 is 0 Å². The molecule has 1 aliphatic rings. The third-order valence-electron chi connectivity index (χ3n) is 4.71. The molecule has 1 fully saturated rings. The van der Waals surface area contributed by atoms with Gasteiger partial charge in [0.1, 0.15) is 0 Å². The van der Waals surface area contributed by atoms with Crippen LogP contribution in [0.1, 0.15) is 24.0 Å². The van der Waals surface area contributed by atoms with E-state index in [-0.39, 0.29) is 30.6 Å². The van der Waals surface area contributed by atoms with Crippen LogP contribution in [0.15, 0.2) is 54.6 Å². The van der Waals surface area contributed by atoms with Crippen LogP contribution in [0.4, 0.5) is 0 Å². The number of aryl methyl sites for hydroxylation is 1. The molecule has 1 unspecified atom stereocenters. The normalized spacial score (nSPS) is 16.1. The van der Waals surface area contributed by atoms with Gasteiger partial charge in [-0.2, -0.15) is 0 Å². The number of amides is 3. The molecule has 1 heterocycles. The molecule has 2 aromatic rings. The van der Waals surface area contributed by atoms with Crippen LogP contribution < -0.4 is 10.9 Å². The molecule has 1 saturated heterocycles. The first-order valence-corrected chi connectivity index (χ1v) is 9.54. The van der Waals surface area contributed by atoms with Gasteiger partial charge in [-0.05, 0) is 23.6 Å². The zero-order valence-corrected chi connectivity index (χ0v) is 16.1. The Morgan fingerprint density at radius 2 is 1.75 bits per heavy atom. The molecule has 0 saturated carbocycles. The van der Waals surface area contributed by atoms with Crippen LogP contribution >= 0.6 is 11.6 Å². The smallest absolute Gasteiger partial charge is 0.243 e. The third-order valence-corrected chi connectivity index (χ3v) is 5.07. The largest absolute Gasteiger partial charge is 0.338 e. The van der Waals surface area contributed by atoms with E-state index in [1.165, 1.54) is 0 Å². The van der Waals surface area contributed by atoms with E-state index >= 15 is 0 Å². The highest BCUT2D eigenvalue weighted by molar-refractivity contribution is 6.31. The third kappa shape index (κ3) is 5.33. The van der Waals surface area contributed by atoms with Crippen molar-refractivity contribution in [1.82, 2.24) is 15.8 Å². The molecule has 0 spiro atoms. The highest BCUT2D eigenvalue weighted by Crippen LogP contribution is 2.20. The number of benzene rings is 2. The van der Waals surface area contributed by atoms with Crippen molar-refractivity contribution in [3.05, 3.63) is 70.7 Å². The van der Waals surface area contributed by atoms with Crippen LogP contribution in [0.2, 0.25) is 5.02 Å². The Morgan fingerprint density at radius 1 is 1.04 bits per heavy atom. The first kappa shape index (κ1) is 19.9. The molecule has 2 aromatic carbocycles. The summed E-state index contributed by atoms with van der Waals surface area (Å²) in [6.07, 6.45) is 0.829. The highest BCUT2D eigenvalue weighted by Gasteiger charge is 2.34. The Labute approximate surface area is 168 Å². The van der Waals surface area contributed by atoms with Gasteiger partial charge in [-0.15, -0.1) is 0 Å². The van der Waals surface area contributed by atoms with Crippen molar-refractivity contribution in [1.29, 1.82) is 0 Å². The van der Waals surface area contributed by atoms with E-state index in [2.05, 4.69) is 10.9 Å². The van der Waals surface area contributed by atoms with Crippen molar-refractivity contribution in [2.24, 2.45) is 5.92 Å². The number of hydrazine groups is 1. The van der Waals surface area contributed by atoms with Crippen LogP contribution in [0.5, 0.6) is 0 Å². The van der Waals surface area contributed by atoms with Gasteiger partial charge in [0, 0.05) is 31.0 Å². The van der Waals surface area contributed by atoms with E-state index in [9.17, 15) is 14.4 Å². The maximum absolute atomic E-state index is 12.3. The van der Waals surface area contributed by atoms with Crippen molar-refractivity contribution >= 4 is 29.3 Å². The Hall–Kier alpha value is -2.86. The summed E-state index contributed by atoms with van der Waals surface area (Å²) in [5, 5.41) is 0.613. The molecule has 3 rings (SSSR count). The fraction of sp³-hybridized carbons (Fsp3) is 0.286. The summed E-state index contributed by atoms with van der Waals surface area (Å²) in [5.74, 6) is -1.19. The monoisotopic (exact) mass is 399 g/mol. The zero-order chi connectivity index (χ0) is 19.9. The lowest BCUT2D eigenvalue weighted by atomic mass is 10.1. The number of hydrogen-bond acceptors (Lipinski definition) is 3. The number of halogens is 1. The highest BCUT2D eigenvalue weighted by atomic mass is 35.5. The molecule has 6 nitrogen and oxygen atoms in total. The minimum absolute atomic E-state index is 0.0611. The quantitative estimate of drug-likeness (QED) is 0.732. The summed E-state index contributed by atoms with van der Waals surface area (Å²) in [6.45, 7) is 0.822. The Balaban J connectivity index is 1.43. The molecule has 0 radical (unpaired) electrons. The second kappa shape index (κ2) is 9.37. The topological polar surface area (TPSA) is 78.5 Å². The van der Waals surface area contributed by atoms with Crippen LogP contribution in [-0.2, 0) is 27.3 Å². The molecule has 2 N–H and O–H groups in total. The SMILES string of the molecule is O=C(CCc1ccccc1Cl)NNC(=O)C1CC(=O)N(Cc2ccccc2)C1. The van der Waals surface area contributed by atoms with Gasteiger partial charge in [-0.1, -0.05) is 60.1 Å². The predicted octanol–water partition coefficient (Wildman–Crippen LogP) is 2.47. The molecule has 1 aliphatic heterocycles. The van der Waals surface area contributed by atoms with Gasteiger partial charge in [0.25, 0.3) is 0 Å². The number of hydrogen-bond donors (Lipinski definition) is 2. The standard InChI is InChI=1S/C21H22ClN3O3/c22-18-9-5-4-8-16(18)10-11-19(26)23-24-21(28)17-12-20(27)25(14-17)13-15-6-2-1-3-7-15/h1-9,17H,10-14H2,(H,23,26)(H,24,28). The fourth-order valence-electron chi connectivity index (χ4n) is 3.15. The molecule has 146 valence electrons. The van der Waals surface area contributed by atoms with Crippen molar-refractivity contribution in [2.75, 3.05) is 6.54 Å². The molecule has 1 atom stereocenters. The van der Waals surface area contributed by atoms with Crippen LogP contribution in [0, 0.1) is 5.92 Å². The van der Waals surface area contributed by atoms with E-state index < -0.39 is 5.92 Å². The summed E-state index contributed by atoms with van der Waals surface area (Å²) in [7, 11) is 0. The van der Waals surface area contributed by atoms with E-state index in [0.29, 0.717) is 24.5 Å². The lowest BCUT2D eigenvalue weighted by molar-refractivity contribution is -0.131. The molecule has 7 heteroatoms. The van der Waals surface area contributed by atoms with Crippen LogP contribution in [0.25, 0.3) is 0 Å². The predicted molar refractivity (Wildman–Crippen MR) is 106 cm³/mol. The molecular weight excluding hydrogens is 378 g/mol. The second-order valence-corrected chi connectivity index (χ2v) is 7.20. The van der Waals surface area contributed by atoms with E-state index in [4.69, 9.17) is 11.6 Å². The summed E-state index contributed by atoms with van der Waals surface area (Å²) in [6, 6.07) is 17.0. The first-order valence-electron chi connectivity index (χ1n) is 9.16. The molecule has 28 heavy (non-hydrogen) atoms. The Bertz CT molecular complexity index is 857. The first-order chi connectivity index (χ1) is 13.5. The van der Waals surface area contributed by atoms with Crippen molar-refractivity contribution in [3.63, 3.8) is 0 Å². The van der Waals surface area contributed by atoms with Crippen molar-refractivity contribution in [2.45, 2.75) is 25.8 Å². The molecular formula is C21H22ClN3O3. The Morgan fingerprint density at radius 3 is 2.50 bits per heavy atom. The van der Waals surface area contributed by atoms with Crippen molar-refractivity contribution in [3.8, 4) is 0 Å². The van der Waals surface area contributed by atoms with E-state index in [0.717, 1.165) is 11.1 Å². The zero-order valence-electron chi connectivity index (χ0n) is 15.4. The van der Waals surface area contributed by atoms with Crippen LogP contribution in [0.3, 0.4) is 0 Å². The number of likely N-dealkylation sites (tertiary alicyclic amines) is 1. The van der Waals surface area contributed by atoms with Gasteiger partial charge in [-0.25, -0.2) is 0 Å². The molecule has 3 amide bonds. The summed E-state index contributed by atoms with van der Waals surface area (Å²) in [4.78, 5) is 38.1. The number of nitrogens with zero attached hydrogens (tertiary/aromatic N) is 1. The summed E-state index contributed by atoms with van der Waals surface area (Å²) in [5.41, 5.74) is 6.74. The molecule has 0 bridgehead atoms. The van der Waals surface area contributed by atoms with Gasteiger partial charge in [0.2, 0.25) is 17.7 Å². The summed E-state index contributed by atoms with van der Waals surface area (Å²) < 4.78 is 0. The number of nitrogens with one attached hydrogen (secondary N) is 2. The van der Waals surface area contributed by atoms with Gasteiger partial charge in [-0.3, -0.25) is 25.2 Å². The molecule has 0 aliphatic carbocycles. The average molecular weight is 400 g/mol. The average Bonchev–Trinajstić information content (AvgIpc) is 3.06. The summed E-state index contributed by atoms with van der Waals surface area (Å²) >= 11 is 6.07. The number of carbonyl (C=O) groups excluding carboxylic acids is 3. The van der Waals surface area contributed by atoms with Gasteiger partial charge in [0.05, 0.1) is 5.92 Å².